The Kier molecular flexibility index (Phi) is 3.70. The predicted molar refractivity (Wildman–Crippen MR) is 61.7 cm³/mol. The Bertz CT molecular complexity index is 291. The average molecular weight is 213 g/mol. The monoisotopic (exact) mass is 213 g/mol. The molecule has 0 radical (unpaired) electrons. The van der Waals surface area contributed by atoms with E-state index in [1.165, 1.54) is 9.75 Å². The van der Waals surface area contributed by atoms with Gasteiger partial charge >= 0.3 is 0 Å². The summed E-state index contributed by atoms with van der Waals surface area (Å²) in [4.78, 5) is 2.50. The number of rotatable bonds is 4. The van der Waals surface area contributed by atoms with Crippen molar-refractivity contribution < 1.29 is 4.74 Å². The molecule has 0 aliphatic rings. The van der Waals surface area contributed by atoms with Gasteiger partial charge in [-0.25, -0.2) is 0 Å². The topological polar surface area (TPSA) is 35.2 Å². The Morgan fingerprint density at radius 3 is 2.57 bits per heavy atom. The summed E-state index contributed by atoms with van der Waals surface area (Å²) in [5, 5.41) is 0. The van der Waals surface area contributed by atoms with Crippen molar-refractivity contribution in [2.75, 3.05) is 7.11 Å². The van der Waals surface area contributed by atoms with Crippen molar-refractivity contribution in [2.45, 2.75) is 38.8 Å². The maximum absolute atomic E-state index is 6.19. The quantitative estimate of drug-likeness (QED) is 0.834. The van der Waals surface area contributed by atoms with Crippen LogP contribution in [0.3, 0.4) is 0 Å². The van der Waals surface area contributed by atoms with E-state index in [1.807, 2.05) is 0 Å². The lowest BCUT2D eigenvalue weighted by molar-refractivity contribution is -0.0186. The van der Waals surface area contributed by atoms with Crippen molar-refractivity contribution in [3.05, 3.63) is 21.9 Å². The summed E-state index contributed by atoms with van der Waals surface area (Å²) >= 11 is 1.75. The molecule has 1 heterocycles. The third kappa shape index (κ3) is 2.16. The van der Waals surface area contributed by atoms with E-state index in [9.17, 15) is 0 Å². The molecule has 0 aliphatic carbocycles. The van der Waals surface area contributed by atoms with Gasteiger partial charge in [0.25, 0.3) is 0 Å². The molecule has 1 aromatic heterocycles. The molecule has 0 bridgehead atoms. The molecule has 2 atom stereocenters. The van der Waals surface area contributed by atoms with Gasteiger partial charge in [0.2, 0.25) is 0 Å². The molecule has 1 aromatic rings. The molecule has 0 spiro atoms. The summed E-state index contributed by atoms with van der Waals surface area (Å²) in [5.41, 5.74) is 5.94. The smallest absolute Gasteiger partial charge is 0.0847 e. The van der Waals surface area contributed by atoms with E-state index in [1.54, 1.807) is 18.4 Å². The van der Waals surface area contributed by atoms with Crippen LogP contribution in [0.1, 0.15) is 36.1 Å². The lowest BCUT2D eigenvalue weighted by Crippen LogP contribution is -2.39. The van der Waals surface area contributed by atoms with Gasteiger partial charge in [-0.2, -0.15) is 0 Å². The van der Waals surface area contributed by atoms with Gasteiger partial charge in [0.1, 0.15) is 0 Å². The maximum atomic E-state index is 6.19. The molecule has 14 heavy (non-hydrogen) atoms. The highest BCUT2D eigenvalue weighted by Crippen LogP contribution is 2.33. The molecular formula is C11H19NOS. The second-order valence-corrected chi connectivity index (χ2v) is 5.12. The largest absolute Gasteiger partial charge is 0.377 e. The highest BCUT2D eigenvalue weighted by atomic mass is 32.1. The second kappa shape index (κ2) is 4.43. The van der Waals surface area contributed by atoms with Crippen molar-refractivity contribution in [1.82, 2.24) is 0 Å². The van der Waals surface area contributed by atoms with Crippen molar-refractivity contribution in [1.29, 1.82) is 0 Å². The standard InChI is InChI=1S/C11H19NOS/c1-5-11(3,13-4)10(12)9-7-6-8(2)14-9/h6-7,10H,5,12H2,1-4H3. The number of nitrogens with two attached hydrogens (primary N) is 1. The fourth-order valence-corrected chi connectivity index (χ4v) is 2.43. The minimum absolute atomic E-state index is 0.0313. The van der Waals surface area contributed by atoms with Crippen LogP contribution in [0.25, 0.3) is 0 Å². The van der Waals surface area contributed by atoms with Gasteiger partial charge in [-0.05, 0) is 32.4 Å². The fraction of sp³-hybridized carbons (Fsp3) is 0.636. The van der Waals surface area contributed by atoms with E-state index in [2.05, 4.69) is 32.9 Å². The molecular weight excluding hydrogens is 194 g/mol. The van der Waals surface area contributed by atoms with E-state index in [4.69, 9.17) is 10.5 Å². The second-order valence-electron chi connectivity index (χ2n) is 3.80. The molecule has 0 saturated heterocycles. The first-order valence-corrected chi connectivity index (χ1v) is 5.72. The molecule has 2 N–H and O–H groups in total. The van der Waals surface area contributed by atoms with E-state index in [0.29, 0.717) is 0 Å². The molecule has 0 fully saturated rings. The summed E-state index contributed by atoms with van der Waals surface area (Å²) in [7, 11) is 1.73. The molecule has 0 aliphatic heterocycles. The van der Waals surface area contributed by atoms with Crippen LogP contribution in [0.5, 0.6) is 0 Å². The van der Waals surface area contributed by atoms with Gasteiger partial charge in [-0.1, -0.05) is 6.92 Å². The van der Waals surface area contributed by atoms with Crippen LogP contribution in [-0.4, -0.2) is 12.7 Å². The van der Waals surface area contributed by atoms with Crippen LogP contribution in [0.4, 0.5) is 0 Å². The summed E-state index contributed by atoms with van der Waals surface area (Å²) in [6.45, 7) is 6.26. The van der Waals surface area contributed by atoms with Crippen LogP contribution in [-0.2, 0) is 4.74 Å². The highest BCUT2D eigenvalue weighted by molar-refractivity contribution is 7.12. The molecule has 80 valence electrons. The number of methoxy groups -OCH3 is 1. The fourth-order valence-electron chi connectivity index (χ4n) is 1.41. The summed E-state index contributed by atoms with van der Waals surface area (Å²) < 4.78 is 5.49. The SMILES string of the molecule is CCC(C)(OC)C(N)c1ccc(C)s1. The molecule has 0 aromatic carbocycles. The van der Waals surface area contributed by atoms with E-state index in [0.717, 1.165) is 6.42 Å². The average Bonchev–Trinajstić information content (AvgIpc) is 2.62. The minimum atomic E-state index is -0.253. The number of hydrogen-bond donors (Lipinski definition) is 1. The first-order valence-electron chi connectivity index (χ1n) is 4.90. The van der Waals surface area contributed by atoms with Gasteiger partial charge in [0.05, 0.1) is 11.6 Å². The van der Waals surface area contributed by atoms with E-state index < -0.39 is 0 Å². The Labute approximate surface area is 90.1 Å². The number of thiophene rings is 1. The van der Waals surface area contributed by atoms with Crippen molar-refractivity contribution in [3.8, 4) is 0 Å². The third-order valence-electron chi connectivity index (χ3n) is 2.89. The Morgan fingerprint density at radius 2 is 2.21 bits per heavy atom. The maximum Gasteiger partial charge on any atom is 0.0847 e. The van der Waals surface area contributed by atoms with Gasteiger partial charge in [0, 0.05) is 16.9 Å². The van der Waals surface area contributed by atoms with Crippen LogP contribution in [0, 0.1) is 6.92 Å². The third-order valence-corrected chi connectivity index (χ3v) is 3.98. The van der Waals surface area contributed by atoms with Crippen LogP contribution in [0.2, 0.25) is 0 Å². The zero-order valence-corrected chi connectivity index (χ0v) is 10.1. The van der Waals surface area contributed by atoms with Crippen LogP contribution in [0.15, 0.2) is 12.1 Å². The first kappa shape index (κ1) is 11.7. The zero-order chi connectivity index (χ0) is 10.8. The van der Waals surface area contributed by atoms with Crippen molar-refractivity contribution in [2.24, 2.45) is 5.73 Å². The Morgan fingerprint density at radius 1 is 1.57 bits per heavy atom. The Balaban J connectivity index is 2.88. The normalized spacial score (nSPS) is 17.8. The Hall–Kier alpha value is -0.380. The van der Waals surface area contributed by atoms with Gasteiger partial charge in [0.15, 0.2) is 0 Å². The van der Waals surface area contributed by atoms with E-state index in [-0.39, 0.29) is 11.6 Å². The minimum Gasteiger partial charge on any atom is -0.377 e. The predicted octanol–water partition coefficient (Wildman–Crippen LogP) is 2.87. The van der Waals surface area contributed by atoms with E-state index >= 15 is 0 Å². The number of ether oxygens (including phenoxy) is 1. The van der Waals surface area contributed by atoms with Crippen molar-refractivity contribution >= 4 is 11.3 Å². The first-order chi connectivity index (χ1) is 6.53. The van der Waals surface area contributed by atoms with Crippen LogP contribution < -0.4 is 5.73 Å². The lowest BCUT2D eigenvalue weighted by Gasteiger charge is -2.32. The summed E-state index contributed by atoms with van der Waals surface area (Å²) in [6, 6.07) is 4.17. The summed E-state index contributed by atoms with van der Waals surface area (Å²) in [6.07, 6.45) is 0.918. The number of aryl methyl sites for hydroxylation is 1. The van der Waals surface area contributed by atoms with Gasteiger partial charge < -0.3 is 10.5 Å². The van der Waals surface area contributed by atoms with Crippen LogP contribution >= 0.6 is 11.3 Å². The zero-order valence-electron chi connectivity index (χ0n) is 9.33. The molecule has 0 amide bonds. The molecule has 1 rings (SSSR count). The molecule has 2 nitrogen and oxygen atoms in total. The van der Waals surface area contributed by atoms with Gasteiger partial charge in [-0.15, -0.1) is 11.3 Å². The molecule has 3 heteroatoms. The van der Waals surface area contributed by atoms with Gasteiger partial charge in [-0.3, -0.25) is 0 Å². The van der Waals surface area contributed by atoms with Crippen molar-refractivity contribution in [3.63, 3.8) is 0 Å². The number of hydrogen-bond acceptors (Lipinski definition) is 3. The molecule has 2 unspecified atom stereocenters. The molecule has 0 saturated carbocycles. The summed E-state index contributed by atoms with van der Waals surface area (Å²) in [5.74, 6) is 0. The lowest BCUT2D eigenvalue weighted by atomic mass is 9.93. The highest BCUT2D eigenvalue weighted by Gasteiger charge is 2.31.